The number of nitrogens with two attached hydrogens (primary N) is 8. The molecule has 1 aromatic heterocycles. The fraction of sp³-hybridized carbons (Fsp3) is 0.780. The molecule has 46 nitrogen and oxygen atoms in total. The fourth-order valence-electron chi connectivity index (χ4n) is 14.0. The Bertz CT molecular complexity index is 3060. The van der Waals surface area contributed by atoms with E-state index >= 15 is 0 Å². The minimum absolute atomic E-state index is 0.00688. The van der Waals surface area contributed by atoms with Crippen LogP contribution < -0.4 is 120 Å². The Kier molecular flexibility index (Phi) is 80.7. The average Bonchev–Trinajstić information content (AvgIpc) is 1.75. The lowest BCUT2D eigenvalue weighted by Gasteiger charge is -2.24. The number of allylic oxidation sites excluding steroid dienone is 4. The van der Waals surface area contributed by atoms with Crippen LogP contribution in [0.1, 0.15) is 180 Å². The van der Waals surface area contributed by atoms with Crippen LogP contribution in [0.2, 0.25) is 0 Å². The van der Waals surface area contributed by atoms with Gasteiger partial charge >= 0.3 is 0 Å². The van der Waals surface area contributed by atoms with Crippen LogP contribution in [-0.4, -0.2) is 407 Å². The summed E-state index contributed by atoms with van der Waals surface area (Å²) < 4.78 is 1.82. The van der Waals surface area contributed by atoms with E-state index in [0.29, 0.717) is 143 Å². The van der Waals surface area contributed by atoms with Gasteiger partial charge in [-0.15, -0.1) is 5.10 Å². The Morgan fingerprint density at radius 1 is 0.248 bits per heavy atom. The molecule has 0 aliphatic rings. The number of aryl methyl sites for hydroxylation is 1. The number of aromatic nitrogens is 3. The van der Waals surface area contributed by atoms with Crippen molar-refractivity contribution in [3.8, 4) is 0 Å². The van der Waals surface area contributed by atoms with Gasteiger partial charge in [-0.2, -0.15) is 0 Å². The normalized spacial score (nSPS) is 11.5. The molecule has 14 amide bonds. The molecular formula is C91H178N32O14. The molecule has 1 rings (SSSR count). The molecule has 0 aliphatic carbocycles. The molecule has 0 fully saturated rings. The van der Waals surface area contributed by atoms with Crippen molar-refractivity contribution >= 4 is 82.7 Å². The molecule has 0 saturated heterocycles. The van der Waals surface area contributed by atoms with E-state index in [0.717, 1.165) is 57.8 Å². The lowest BCUT2D eigenvalue weighted by atomic mass is 10.1. The van der Waals surface area contributed by atoms with Gasteiger partial charge in [0.15, 0.2) is 0 Å². The largest absolute Gasteiger partial charge is 0.355 e. The topological polar surface area (TPSA) is 669 Å². The maximum absolute atomic E-state index is 14.1. The molecule has 46 heteroatoms. The summed E-state index contributed by atoms with van der Waals surface area (Å²) in [5.41, 5.74) is 45.4. The Morgan fingerprint density at radius 2 is 0.438 bits per heavy atom. The van der Waals surface area contributed by atoms with Crippen LogP contribution in [0.25, 0.3) is 0 Å². The van der Waals surface area contributed by atoms with Crippen LogP contribution in [0, 0.1) is 0 Å². The number of hydrogen-bond donors (Lipinski definition) is 22. The average molecular weight is 1940 g/mol. The smallest absolute Gasteiger partial charge is 0.221 e. The maximum Gasteiger partial charge on any atom is 0.221 e. The number of nitrogens with zero attached hydrogens (tertiary/aromatic N) is 10. The van der Waals surface area contributed by atoms with E-state index in [4.69, 9.17) is 45.9 Å². The Labute approximate surface area is 813 Å². The summed E-state index contributed by atoms with van der Waals surface area (Å²) in [4.78, 5) is 197. The van der Waals surface area contributed by atoms with Crippen molar-refractivity contribution in [1.29, 1.82) is 0 Å². The Hall–Kier alpha value is -9.40. The first kappa shape index (κ1) is 126. The molecular weight excluding hydrogens is 1770 g/mol. The highest BCUT2D eigenvalue weighted by Gasteiger charge is 2.22. The van der Waals surface area contributed by atoms with E-state index in [1.165, 1.54) is 19.3 Å². The maximum atomic E-state index is 14.1. The van der Waals surface area contributed by atoms with Crippen LogP contribution in [-0.2, 0) is 80.2 Å². The number of carbonyl (C=O) groups excluding carboxylic acids is 14. The number of amides is 14. The van der Waals surface area contributed by atoms with Gasteiger partial charge in [0.2, 0.25) is 82.7 Å². The summed E-state index contributed by atoms with van der Waals surface area (Å²) in [6.45, 7) is 14.4. The van der Waals surface area contributed by atoms with Gasteiger partial charge in [-0.3, -0.25) is 76.7 Å². The van der Waals surface area contributed by atoms with Crippen LogP contribution in [0.15, 0.2) is 30.5 Å². The summed E-state index contributed by atoms with van der Waals surface area (Å²) in [5.74, 6) is -3.42. The van der Waals surface area contributed by atoms with Crippen LogP contribution in [0.4, 0.5) is 0 Å². The first-order valence-electron chi connectivity index (χ1n) is 50.0. The molecule has 1 aromatic rings. The minimum atomic E-state index is -0.306. The third kappa shape index (κ3) is 77.2. The number of carbonyl (C=O) groups is 14. The molecule has 0 saturated carbocycles. The lowest BCUT2D eigenvalue weighted by Crippen LogP contribution is -2.42. The van der Waals surface area contributed by atoms with E-state index in [2.05, 4.69) is 116 Å². The monoisotopic (exact) mass is 1940 g/mol. The molecule has 0 atom stereocenters. The van der Waals surface area contributed by atoms with Crippen molar-refractivity contribution < 1.29 is 67.1 Å². The molecule has 0 aliphatic heterocycles. The molecule has 0 spiro atoms. The zero-order valence-corrected chi connectivity index (χ0v) is 82.7. The van der Waals surface area contributed by atoms with E-state index in [1.807, 2.05) is 45.2 Å². The number of rotatable bonds is 93. The molecule has 30 N–H and O–H groups in total. The highest BCUT2D eigenvalue weighted by Crippen LogP contribution is 2.12. The summed E-state index contributed by atoms with van der Waals surface area (Å²) >= 11 is 0. The summed E-state index contributed by atoms with van der Waals surface area (Å²) in [7, 11) is 0. The molecule has 0 bridgehead atoms. The van der Waals surface area contributed by atoms with Crippen molar-refractivity contribution in [2.75, 3.05) is 275 Å². The summed E-state index contributed by atoms with van der Waals surface area (Å²) in [5, 5.41) is 48.8. The van der Waals surface area contributed by atoms with Crippen molar-refractivity contribution in [2.24, 2.45) is 45.9 Å². The van der Waals surface area contributed by atoms with Gasteiger partial charge in [0.1, 0.15) is 0 Å². The van der Waals surface area contributed by atoms with Gasteiger partial charge in [0.05, 0.1) is 5.69 Å². The second kappa shape index (κ2) is 88.1. The Morgan fingerprint density at radius 3 is 0.650 bits per heavy atom. The first-order chi connectivity index (χ1) is 66.4. The second-order valence-electron chi connectivity index (χ2n) is 33.6. The van der Waals surface area contributed by atoms with E-state index in [9.17, 15) is 67.1 Å². The first-order valence-corrected chi connectivity index (χ1v) is 50.0. The number of nitrogens with one attached hydrogen (secondary N) is 14. The standard InChI is InChI=1S/C91H178N32O14/c1-2-3-4-5-6-7-8-9-10-11-12-13-14-15-16-17-54-123-76-77(114-115-123)75-122(67-30-90(136)112-52-73-120(63-26-86(132)108-48-69-116(55-18-78(124)100-40-32-92)56-19-79(125)101-41-33-93)64-27-87(133)109-49-70-117(57-20-80(126)102-42-34-94)58-21-81(127)103-43-35-95)68-31-91(137)113-53-74-121(65-28-88(134)110-50-71-118(59-22-82(128)104-44-36-96)60-23-83(129)105-45-37-97)66-29-89(135)111-51-72-119(61-24-84(130)106-46-38-98)62-25-85(131)107-47-39-99/h6-7,9-10,76H,2-5,8,11-75,92-99H2,1H3,(H,100,124)(H,101,125)(H,102,126)(H,103,127)(H,104,128)(H,105,129)(H,106,130)(H,107,131)(H,108,132)(H,109,133)(H,110,134)(H,111,135)(H,112,136)(H,113,137)/b7-6-,10-9-. The lowest BCUT2D eigenvalue weighted by molar-refractivity contribution is -0.123. The van der Waals surface area contributed by atoms with Crippen LogP contribution in [0.3, 0.4) is 0 Å². The zero-order valence-electron chi connectivity index (χ0n) is 82.7. The second-order valence-corrected chi connectivity index (χ2v) is 33.6. The molecule has 1 heterocycles. The zero-order chi connectivity index (χ0) is 101. The van der Waals surface area contributed by atoms with Gasteiger partial charge in [-0.05, 0) is 38.5 Å². The van der Waals surface area contributed by atoms with Gasteiger partial charge in [0.25, 0.3) is 0 Å². The molecule has 137 heavy (non-hydrogen) atoms. The minimum Gasteiger partial charge on any atom is -0.355 e. The van der Waals surface area contributed by atoms with Gasteiger partial charge in [-0.25, -0.2) is 0 Å². The molecule has 0 unspecified atom stereocenters. The number of unbranched alkanes of at least 4 members (excludes halogenated alkanes) is 9. The number of hydrogen-bond acceptors (Lipinski definition) is 31. The van der Waals surface area contributed by atoms with E-state index in [-0.39, 0.29) is 323 Å². The highest BCUT2D eigenvalue weighted by atomic mass is 16.2. The summed E-state index contributed by atoms with van der Waals surface area (Å²) in [6.07, 6.45) is 25.5. The SMILES string of the molecule is CCCCC/C=C\C/C=C\CCCCCCCCn1cc(CN(CCC(=O)NCCN(CCC(=O)NCCN(CCC(=O)NCCN)CCC(=O)NCCN)CCC(=O)NCCN(CCC(=O)NCCN)CCC(=O)NCCN)CCC(=O)NCCN(CCC(=O)NCCN(CCC(=O)NCCN)CCC(=O)NCCN)CCC(=O)NCCN(CCC(=O)NCCN)CCC(=O)NCCN)nn1. The molecule has 786 valence electrons. The van der Waals surface area contributed by atoms with Gasteiger partial charge < -0.3 is 150 Å². The van der Waals surface area contributed by atoms with E-state index < -0.39 is 0 Å². The predicted molar refractivity (Wildman–Crippen MR) is 533 cm³/mol. The van der Waals surface area contributed by atoms with Crippen LogP contribution in [0.5, 0.6) is 0 Å². The Balaban J connectivity index is 3.58. The van der Waals surface area contributed by atoms with E-state index in [1.54, 1.807) is 0 Å². The fourth-order valence-corrected chi connectivity index (χ4v) is 14.0. The van der Waals surface area contributed by atoms with Crippen LogP contribution >= 0.6 is 0 Å². The van der Waals surface area contributed by atoms with Gasteiger partial charge in [0, 0.05) is 384 Å². The summed E-state index contributed by atoms with van der Waals surface area (Å²) in [6, 6.07) is 0. The quantitative estimate of drug-likeness (QED) is 0.0213. The molecule has 0 aromatic carbocycles. The highest BCUT2D eigenvalue weighted by molar-refractivity contribution is 5.81. The molecule has 0 radical (unpaired) electrons. The third-order valence-electron chi connectivity index (χ3n) is 22.0. The van der Waals surface area contributed by atoms with Crippen molar-refractivity contribution in [1.82, 2.24) is 124 Å². The van der Waals surface area contributed by atoms with Crippen molar-refractivity contribution in [2.45, 2.75) is 187 Å². The third-order valence-corrected chi connectivity index (χ3v) is 22.0. The van der Waals surface area contributed by atoms with Crippen molar-refractivity contribution in [3.63, 3.8) is 0 Å². The van der Waals surface area contributed by atoms with Gasteiger partial charge in [-0.1, -0.05) is 75.0 Å². The van der Waals surface area contributed by atoms with Crippen molar-refractivity contribution in [3.05, 3.63) is 36.2 Å². The predicted octanol–water partition coefficient (Wildman–Crippen LogP) is -6.54.